The lowest BCUT2D eigenvalue weighted by molar-refractivity contribution is -0.147. The molecule has 0 unspecified atom stereocenters. The second-order valence-corrected chi connectivity index (χ2v) is 29.9. The van der Waals surface area contributed by atoms with E-state index >= 15 is 0 Å². The van der Waals surface area contributed by atoms with E-state index < -0.39 is 183 Å². The van der Waals surface area contributed by atoms with Crippen molar-refractivity contribution in [3.8, 4) is 23.0 Å². The van der Waals surface area contributed by atoms with Gasteiger partial charge >= 0.3 is 29.8 Å². The summed E-state index contributed by atoms with van der Waals surface area (Å²) in [7, 11) is 0. The molecule has 12 rings (SSSR count). The molecule has 666 valence electrons. The fourth-order valence-corrected chi connectivity index (χ4v) is 15.2. The molecule has 40 nitrogen and oxygen atoms in total. The van der Waals surface area contributed by atoms with Crippen LogP contribution >= 0.6 is 0 Å². The molecule has 12 N–H and O–H groups in total. The van der Waals surface area contributed by atoms with Crippen LogP contribution in [0.5, 0.6) is 23.0 Å². The highest BCUT2D eigenvalue weighted by Gasteiger charge is 2.43. The fraction of sp³-hybridized carbons (Fsp3) is 0.318. The smallest absolute Gasteiger partial charge is 0.326 e. The maximum absolute atomic E-state index is 14.1. The van der Waals surface area contributed by atoms with Gasteiger partial charge in [-0.15, -0.1) is 0 Å². The van der Waals surface area contributed by atoms with E-state index in [-0.39, 0.29) is 170 Å². The van der Waals surface area contributed by atoms with Crippen LogP contribution in [-0.4, -0.2) is 260 Å². The molecule has 0 bridgehead atoms. The molecular weight excluding hydrogens is 1680 g/mol. The van der Waals surface area contributed by atoms with E-state index in [4.69, 9.17) is 29.2 Å². The van der Waals surface area contributed by atoms with E-state index in [1.165, 1.54) is 48.5 Å². The fourth-order valence-electron chi connectivity index (χ4n) is 15.2. The summed E-state index contributed by atoms with van der Waals surface area (Å²) in [6, 6.07) is 26.5. The second kappa shape index (κ2) is 41.1. The predicted molar refractivity (Wildman–Crippen MR) is 445 cm³/mol. The van der Waals surface area contributed by atoms with Crippen LogP contribution in [-0.2, 0) is 57.5 Å². The molecule has 4 aliphatic rings. The van der Waals surface area contributed by atoms with Gasteiger partial charge in [-0.05, 0) is 98.5 Å². The van der Waals surface area contributed by atoms with Gasteiger partial charge in [-0.2, -0.15) is 0 Å². The van der Waals surface area contributed by atoms with Crippen molar-refractivity contribution in [3.05, 3.63) is 166 Å². The lowest BCUT2D eigenvalue weighted by Crippen LogP contribution is -2.50. The summed E-state index contributed by atoms with van der Waals surface area (Å²) < 4.78 is 24.1. The average molecular weight is 1760 g/mol. The molecule has 40 heteroatoms. The quantitative estimate of drug-likeness (QED) is 0.0191. The maximum atomic E-state index is 14.1. The summed E-state index contributed by atoms with van der Waals surface area (Å²) in [5.41, 5.74) is -0.415. The number of nitrogens with zero attached hydrogens (tertiary/aromatic N) is 4. The SMILES string of the molecule is O=C(O)CCC(=O)NCCCOc1cccc2c(OCCCC(=O)N[C@@H](CC(=O)O)C(=O)NCCN3C(=O)c4ccc5c6c(ccc(c46)C3=O)C(=O)N(CCC(=O)NCCCOc3cccc4c(OCCCC(=O)N[C@@H](CC(=O)O)C(=O)NCCN6C(=O)c7ccc8c9c(ccc(c79)C6=O)C(=O)N(CCC(=O)N[C@@H](CC(=O)O)C(=O)O)C8=O)cccc34)C5=O)cccc12. The number of benzene rings is 8. The van der Waals surface area contributed by atoms with Crippen LogP contribution in [0, 0.1) is 0 Å². The number of rotatable bonds is 47. The van der Waals surface area contributed by atoms with Crippen molar-refractivity contribution in [2.75, 3.05) is 78.8 Å². The van der Waals surface area contributed by atoms with Crippen molar-refractivity contribution in [1.82, 2.24) is 56.8 Å². The van der Waals surface area contributed by atoms with E-state index in [2.05, 4.69) is 31.9 Å². The van der Waals surface area contributed by atoms with E-state index in [1.54, 1.807) is 60.7 Å². The lowest BCUT2D eigenvalue weighted by atomic mass is 9.86. The van der Waals surface area contributed by atoms with Gasteiger partial charge in [0.15, 0.2) is 0 Å². The summed E-state index contributed by atoms with van der Waals surface area (Å²) in [6.45, 7) is -1.69. The Morgan fingerprint density at radius 3 is 0.836 bits per heavy atom. The number of fused-ring (bicyclic) bond motifs is 2. The summed E-state index contributed by atoms with van der Waals surface area (Å²) in [6.07, 6.45) is -3.26. The zero-order valence-electron chi connectivity index (χ0n) is 68.3. The molecular formula is C88H85N11O29. The van der Waals surface area contributed by atoms with Crippen molar-refractivity contribution >= 4 is 162 Å². The van der Waals surface area contributed by atoms with Crippen LogP contribution in [0.3, 0.4) is 0 Å². The minimum absolute atomic E-state index is 0.00313. The minimum Gasteiger partial charge on any atom is -0.493 e. The third kappa shape index (κ3) is 21.2. The van der Waals surface area contributed by atoms with Crippen LogP contribution in [0.15, 0.2) is 121 Å². The molecule has 0 saturated heterocycles. The number of hydrogen-bond acceptors (Lipinski definition) is 24. The molecule has 0 aromatic heterocycles. The molecule has 0 fully saturated rings. The van der Waals surface area contributed by atoms with Gasteiger partial charge in [0.1, 0.15) is 41.1 Å². The van der Waals surface area contributed by atoms with Gasteiger partial charge in [-0.25, -0.2) is 4.79 Å². The number of nitrogens with one attached hydrogen (secondary N) is 7. The Hall–Kier alpha value is -15.8. The molecule has 15 amide bonds. The number of hydrogen-bond donors (Lipinski definition) is 12. The van der Waals surface area contributed by atoms with Crippen LogP contribution < -0.4 is 56.2 Å². The first-order valence-electron chi connectivity index (χ1n) is 40.6. The van der Waals surface area contributed by atoms with Crippen molar-refractivity contribution in [3.63, 3.8) is 0 Å². The van der Waals surface area contributed by atoms with E-state index in [1.807, 2.05) is 17.4 Å². The van der Waals surface area contributed by atoms with Gasteiger partial charge in [-0.1, -0.05) is 48.5 Å². The Labute approximate surface area is 724 Å². The second-order valence-electron chi connectivity index (χ2n) is 29.9. The van der Waals surface area contributed by atoms with Crippen LogP contribution in [0.4, 0.5) is 0 Å². The first-order chi connectivity index (χ1) is 61.4. The third-order valence-corrected chi connectivity index (χ3v) is 21.3. The molecule has 4 heterocycles. The van der Waals surface area contributed by atoms with Gasteiger partial charge in [0.25, 0.3) is 47.3 Å². The zero-order valence-corrected chi connectivity index (χ0v) is 68.3. The Balaban J connectivity index is 0.546. The van der Waals surface area contributed by atoms with Crippen molar-refractivity contribution in [1.29, 1.82) is 0 Å². The standard InChI is InChI=1S/C88H85N11O29/c100-65(27-28-70(105)106)89-31-7-41-127-63-15-3-9-46-48(63)11-1-13-61(46)125-39-5-17-67(102)93-58(43-71(107)108)78(113)91-33-37-98-84(119)54-23-19-50-74-51(20-24-55(76(54)74)85(98)120)81(116)96(80(50)115)35-29-66(101)90-32-8-42-128-64-16-4-10-47-49(64)12-2-14-62(47)126-40-6-18-68(103)94-59(44-72(109)110)79(114)92-34-38-99-86(121)56-25-21-52-75-53(22-26-57(77(56)75)87(99)122)83(118)97(82(52)117)36-30-69(104)95-60(88(123)124)45-73(111)112/h1-4,9-16,19-26,58-60H,5-8,17-18,27-45H2,(H,89,100)(H,90,101)(H,91,113)(H,92,114)(H,93,102)(H,94,103)(H,95,104)(H,105,106)(H,107,108)(H,109,110)(H,111,112)(H,123,124)/t58-,59-,60-/m0/s1. The molecule has 0 aliphatic carbocycles. The summed E-state index contributed by atoms with van der Waals surface area (Å²) in [5, 5.41) is 66.5. The lowest BCUT2D eigenvalue weighted by Gasteiger charge is -2.32. The molecule has 4 aliphatic heterocycles. The maximum Gasteiger partial charge on any atom is 0.326 e. The summed E-state index contributed by atoms with van der Waals surface area (Å²) in [4.78, 5) is 263. The third-order valence-electron chi connectivity index (χ3n) is 21.3. The van der Waals surface area contributed by atoms with Crippen molar-refractivity contribution < 1.29 is 140 Å². The Bertz CT molecular complexity index is 5810. The molecule has 128 heavy (non-hydrogen) atoms. The van der Waals surface area contributed by atoms with Crippen molar-refractivity contribution in [2.24, 2.45) is 0 Å². The van der Waals surface area contributed by atoms with Crippen LogP contribution in [0.1, 0.15) is 166 Å². The topological polar surface area (TPSA) is 577 Å². The number of imide groups is 4. The highest BCUT2D eigenvalue weighted by molar-refractivity contribution is 6.35. The number of aliphatic carboxylic acids is 5. The van der Waals surface area contributed by atoms with Gasteiger partial charge < -0.3 is 81.7 Å². The molecule has 3 atom stereocenters. The normalized spacial score (nSPS) is 13.8. The Kier molecular flexibility index (Phi) is 29.4. The molecule has 8 aromatic carbocycles. The number of amides is 15. The number of carbonyl (C=O) groups excluding carboxylic acids is 15. The van der Waals surface area contributed by atoms with E-state index in [9.17, 15) is 111 Å². The van der Waals surface area contributed by atoms with Gasteiger partial charge in [0, 0.05) is 172 Å². The van der Waals surface area contributed by atoms with Gasteiger partial charge in [0.05, 0.1) is 52.1 Å². The highest BCUT2D eigenvalue weighted by atomic mass is 16.5. The highest BCUT2D eigenvalue weighted by Crippen LogP contribution is 2.41. The molecule has 0 saturated carbocycles. The van der Waals surface area contributed by atoms with Crippen LogP contribution in [0.25, 0.3) is 43.1 Å². The number of ether oxygens (including phenoxy) is 4. The number of carboxylic acid groups (broad SMARTS) is 5. The zero-order chi connectivity index (χ0) is 91.7. The summed E-state index contributed by atoms with van der Waals surface area (Å²) in [5.74, 6) is -16.9. The van der Waals surface area contributed by atoms with E-state index in [0.29, 0.717) is 52.0 Å². The number of carbonyl (C=O) groups is 20. The molecule has 8 aromatic rings. The minimum atomic E-state index is -1.78. The van der Waals surface area contributed by atoms with Gasteiger partial charge in [0.2, 0.25) is 41.4 Å². The molecule has 0 spiro atoms. The van der Waals surface area contributed by atoms with Gasteiger partial charge in [-0.3, -0.25) is 111 Å². The Morgan fingerprint density at radius 1 is 0.273 bits per heavy atom. The van der Waals surface area contributed by atoms with Crippen molar-refractivity contribution in [2.45, 2.75) is 102 Å². The average Bonchev–Trinajstić information content (AvgIpc) is 0.716. The predicted octanol–water partition coefficient (Wildman–Crippen LogP) is 3.71. The monoisotopic (exact) mass is 1760 g/mol. The first kappa shape index (κ1) is 91.4. The number of carboxylic acids is 5. The van der Waals surface area contributed by atoms with Crippen LogP contribution in [0.2, 0.25) is 0 Å². The Morgan fingerprint density at radius 2 is 0.539 bits per heavy atom. The largest absolute Gasteiger partial charge is 0.493 e. The molecule has 0 radical (unpaired) electrons. The van der Waals surface area contributed by atoms with E-state index in [0.717, 1.165) is 25.0 Å². The summed E-state index contributed by atoms with van der Waals surface area (Å²) >= 11 is 0. The first-order valence-corrected chi connectivity index (χ1v) is 40.6.